The summed E-state index contributed by atoms with van der Waals surface area (Å²) in [4.78, 5) is 33.8. The Bertz CT molecular complexity index is 1340. The molecule has 5 rings (SSSR count). The number of aryl methyl sites for hydroxylation is 1. The monoisotopic (exact) mass is 493 g/mol. The molecule has 8 heteroatoms. The molecule has 0 saturated carbocycles. The Hall–Kier alpha value is -3.10. The first-order valence-corrected chi connectivity index (χ1v) is 11.5. The fraction of sp³-hybridized carbons (Fsp3) is 0.250. The third kappa shape index (κ3) is 4.03. The van der Waals surface area contributed by atoms with Gasteiger partial charge in [0.2, 0.25) is 5.91 Å². The third-order valence-electron chi connectivity index (χ3n) is 5.86. The predicted molar refractivity (Wildman–Crippen MR) is 130 cm³/mol. The average Bonchev–Trinajstić information content (AvgIpc) is 3.34. The number of carbonyl (C=O) groups excluding carboxylic acids is 2. The van der Waals surface area contributed by atoms with E-state index in [0.717, 1.165) is 44.2 Å². The second-order valence-electron chi connectivity index (χ2n) is 8.22. The van der Waals surface area contributed by atoms with Gasteiger partial charge in [0.1, 0.15) is 0 Å². The number of amides is 2. The van der Waals surface area contributed by atoms with Gasteiger partial charge in [0.25, 0.3) is 5.91 Å². The summed E-state index contributed by atoms with van der Waals surface area (Å²) in [7, 11) is 0. The van der Waals surface area contributed by atoms with Crippen molar-refractivity contribution < 1.29 is 9.59 Å². The summed E-state index contributed by atoms with van der Waals surface area (Å²) in [6.45, 7) is 4.99. The van der Waals surface area contributed by atoms with Gasteiger partial charge in [-0.25, -0.2) is 0 Å². The van der Waals surface area contributed by atoms with Crippen LogP contribution in [0.2, 0.25) is 0 Å². The first-order chi connectivity index (χ1) is 15.5. The number of fused-ring (bicyclic) bond motifs is 2. The number of rotatable bonds is 5. The number of nitrogens with zero attached hydrogens (tertiary/aromatic N) is 1. The van der Waals surface area contributed by atoms with Crippen LogP contribution in [0, 0.1) is 6.92 Å². The van der Waals surface area contributed by atoms with Gasteiger partial charge in [-0.05, 0) is 37.3 Å². The number of carbonyl (C=O) groups is 2. The highest BCUT2D eigenvalue weighted by Crippen LogP contribution is 2.33. The van der Waals surface area contributed by atoms with Gasteiger partial charge in [-0.1, -0.05) is 33.6 Å². The van der Waals surface area contributed by atoms with Crippen molar-refractivity contribution >= 4 is 49.6 Å². The molecule has 7 nitrogen and oxygen atoms in total. The first-order valence-electron chi connectivity index (χ1n) is 10.7. The van der Waals surface area contributed by atoms with E-state index in [4.69, 9.17) is 0 Å². The molecule has 1 fully saturated rings. The van der Waals surface area contributed by atoms with Crippen molar-refractivity contribution in [2.24, 2.45) is 0 Å². The second-order valence-corrected chi connectivity index (χ2v) is 9.14. The molecule has 164 valence electrons. The molecule has 4 N–H and O–H groups in total. The number of nitrogens with one attached hydrogen (secondary N) is 4. The Balaban J connectivity index is 1.46. The van der Waals surface area contributed by atoms with Gasteiger partial charge in [-0.2, -0.15) is 0 Å². The van der Waals surface area contributed by atoms with Crippen molar-refractivity contribution in [2.45, 2.75) is 6.92 Å². The van der Waals surface area contributed by atoms with E-state index in [2.05, 4.69) is 67.7 Å². The standard InChI is InChI=1S/C24H24BrN5O2/c1-14-2-5-18-15(10-14)11-20(28-18)23-22(17-4-3-16(25)12-19(17)29-23)24(32)27-7-9-30-8-6-26-21(31)13-30/h2-5,10-12,28-29H,6-9,13H2,1H3,(H,26,31)(H,27,32). The van der Waals surface area contributed by atoms with Crippen LogP contribution < -0.4 is 10.6 Å². The molecule has 1 aliphatic heterocycles. The molecule has 2 aromatic carbocycles. The van der Waals surface area contributed by atoms with Crippen LogP contribution in [0.5, 0.6) is 0 Å². The van der Waals surface area contributed by atoms with Crippen LogP contribution in [-0.2, 0) is 4.79 Å². The lowest BCUT2D eigenvalue weighted by Crippen LogP contribution is -2.49. The van der Waals surface area contributed by atoms with Crippen LogP contribution in [0.3, 0.4) is 0 Å². The summed E-state index contributed by atoms with van der Waals surface area (Å²) >= 11 is 3.52. The maximum absolute atomic E-state index is 13.3. The molecule has 0 spiro atoms. The largest absolute Gasteiger partial charge is 0.354 e. The zero-order valence-electron chi connectivity index (χ0n) is 17.7. The highest BCUT2D eigenvalue weighted by Gasteiger charge is 2.22. The number of piperazine rings is 1. The van der Waals surface area contributed by atoms with E-state index in [1.165, 1.54) is 5.56 Å². The van der Waals surface area contributed by atoms with E-state index in [1.807, 2.05) is 23.1 Å². The highest BCUT2D eigenvalue weighted by atomic mass is 79.9. The van der Waals surface area contributed by atoms with Crippen molar-refractivity contribution in [2.75, 3.05) is 32.7 Å². The molecule has 0 bridgehead atoms. The summed E-state index contributed by atoms with van der Waals surface area (Å²) in [6.07, 6.45) is 0. The lowest BCUT2D eigenvalue weighted by Gasteiger charge is -2.26. The van der Waals surface area contributed by atoms with E-state index < -0.39 is 0 Å². The highest BCUT2D eigenvalue weighted by molar-refractivity contribution is 9.10. The van der Waals surface area contributed by atoms with Crippen molar-refractivity contribution in [1.29, 1.82) is 0 Å². The van der Waals surface area contributed by atoms with Crippen molar-refractivity contribution in [3.05, 3.63) is 58.1 Å². The molecule has 0 unspecified atom stereocenters. The Labute approximate surface area is 193 Å². The SMILES string of the molecule is Cc1ccc2[nH]c(-c3[nH]c4cc(Br)ccc4c3C(=O)NCCN3CCNC(=O)C3)cc2c1. The van der Waals surface area contributed by atoms with Crippen LogP contribution in [0.1, 0.15) is 15.9 Å². The number of hydrogen-bond acceptors (Lipinski definition) is 3. The molecule has 3 heterocycles. The van der Waals surface area contributed by atoms with E-state index in [9.17, 15) is 9.59 Å². The summed E-state index contributed by atoms with van der Waals surface area (Å²) in [5, 5.41) is 7.84. The fourth-order valence-electron chi connectivity index (χ4n) is 4.29. The van der Waals surface area contributed by atoms with Crippen molar-refractivity contribution in [1.82, 2.24) is 25.5 Å². The van der Waals surface area contributed by atoms with Crippen molar-refractivity contribution in [3.8, 4) is 11.4 Å². The number of aromatic amines is 2. The average molecular weight is 494 g/mol. The van der Waals surface area contributed by atoms with Gasteiger partial charge in [0, 0.05) is 52.5 Å². The summed E-state index contributed by atoms with van der Waals surface area (Å²) in [5.41, 5.74) is 5.36. The third-order valence-corrected chi connectivity index (χ3v) is 6.36. The summed E-state index contributed by atoms with van der Waals surface area (Å²) in [6, 6.07) is 14.2. The van der Waals surface area contributed by atoms with Gasteiger partial charge in [0.05, 0.1) is 23.5 Å². The lowest BCUT2D eigenvalue weighted by atomic mass is 10.1. The summed E-state index contributed by atoms with van der Waals surface area (Å²) < 4.78 is 0.945. The molecule has 32 heavy (non-hydrogen) atoms. The van der Waals surface area contributed by atoms with E-state index >= 15 is 0 Å². The molecular formula is C24H24BrN5O2. The minimum atomic E-state index is -0.134. The first kappa shape index (κ1) is 20.8. The smallest absolute Gasteiger partial charge is 0.254 e. The van der Waals surface area contributed by atoms with Crippen LogP contribution >= 0.6 is 15.9 Å². The van der Waals surface area contributed by atoms with Crippen LogP contribution in [0.4, 0.5) is 0 Å². The number of halogens is 1. The van der Waals surface area contributed by atoms with E-state index in [0.29, 0.717) is 31.7 Å². The number of aromatic nitrogens is 2. The fourth-order valence-corrected chi connectivity index (χ4v) is 4.65. The van der Waals surface area contributed by atoms with E-state index in [-0.39, 0.29) is 11.8 Å². The lowest BCUT2D eigenvalue weighted by molar-refractivity contribution is -0.124. The molecule has 0 radical (unpaired) electrons. The maximum atomic E-state index is 13.3. The Morgan fingerprint density at radius 3 is 2.84 bits per heavy atom. The van der Waals surface area contributed by atoms with Crippen LogP contribution in [-0.4, -0.2) is 59.4 Å². The van der Waals surface area contributed by atoms with Gasteiger partial charge in [0.15, 0.2) is 0 Å². The second kappa shape index (κ2) is 8.44. The van der Waals surface area contributed by atoms with Crippen LogP contribution in [0.25, 0.3) is 33.2 Å². The molecule has 0 atom stereocenters. The van der Waals surface area contributed by atoms with Crippen LogP contribution in [0.15, 0.2) is 46.9 Å². The Morgan fingerprint density at radius 2 is 2.00 bits per heavy atom. The number of benzene rings is 2. The normalized spacial score (nSPS) is 14.8. The molecule has 0 aliphatic carbocycles. The molecular weight excluding hydrogens is 470 g/mol. The topological polar surface area (TPSA) is 93.0 Å². The molecule has 2 amide bonds. The zero-order chi connectivity index (χ0) is 22.2. The van der Waals surface area contributed by atoms with Gasteiger partial charge < -0.3 is 20.6 Å². The van der Waals surface area contributed by atoms with Gasteiger partial charge >= 0.3 is 0 Å². The van der Waals surface area contributed by atoms with Gasteiger partial charge in [-0.15, -0.1) is 0 Å². The summed E-state index contributed by atoms with van der Waals surface area (Å²) in [5.74, 6) is -0.106. The molecule has 1 aliphatic rings. The zero-order valence-corrected chi connectivity index (χ0v) is 19.3. The number of hydrogen-bond donors (Lipinski definition) is 4. The Morgan fingerprint density at radius 1 is 1.12 bits per heavy atom. The minimum Gasteiger partial charge on any atom is -0.354 e. The Kier molecular flexibility index (Phi) is 5.48. The van der Waals surface area contributed by atoms with Gasteiger partial charge in [-0.3, -0.25) is 14.5 Å². The van der Waals surface area contributed by atoms with Crippen molar-refractivity contribution in [3.63, 3.8) is 0 Å². The molecule has 4 aromatic rings. The molecule has 1 saturated heterocycles. The minimum absolute atomic E-state index is 0.0288. The maximum Gasteiger partial charge on any atom is 0.254 e. The molecule has 2 aromatic heterocycles. The number of H-pyrrole nitrogens is 2. The quantitative estimate of drug-likeness (QED) is 0.342. The predicted octanol–water partition coefficient (Wildman–Crippen LogP) is 3.55. The van der Waals surface area contributed by atoms with E-state index in [1.54, 1.807) is 0 Å².